The molecule has 0 spiro atoms. The number of hydrogen-bond acceptors (Lipinski definition) is 1. The van der Waals surface area contributed by atoms with E-state index in [4.69, 9.17) is 5.73 Å². The van der Waals surface area contributed by atoms with Crippen molar-refractivity contribution in [3.8, 4) is 0 Å². The maximum absolute atomic E-state index is 6.17. The summed E-state index contributed by atoms with van der Waals surface area (Å²) in [5.41, 5.74) is 6.50. The lowest BCUT2D eigenvalue weighted by Gasteiger charge is -2.38. The monoisotopic (exact) mass is 171 g/mol. The summed E-state index contributed by atoms with van der Waals surface area (Å²) < 4.78 is 0. The molecule has 2 atom stereocenters. The Morgan fingerprint density at radius 1 is 1.25 bits per heavy atom. The molecular weight excluding hydrogens is 146 g/mol. The van der Waals surface area contributed by atoms with Crippen LogP contribution in [0.1, 0.15) is 53.9 Å². The number of nitrogens with two attached hydrogens (primary N) is 1. The van der Waals surface area contributed by atoms with E-state index in [1.807, 2.05) is 0 Å². The molecule has 0 saturated carbocycles. The Morgan fingerprint density at radius 2 is 1.75 bits per heavy atom. The van der Waals surface area contributed by atoms with Crippen molar-refractivity contribution in [1.29, 1.82) is 0 Å². The molecule has 74 valence electrons. The Bertz CT molecular complexity index is 120. The van der Waals surface area contributed by atoms with E-state index in [-0.39, 0.29) is 0 Å². The first-order chi connectivity index (χ1) is 5.49. The summed E-state index contributed by atoms with van der Waals surface area (Å²) in [6.45, 7) is 11.3. The molecule has 0 aromatic carbocycles. The first-order valence-electron chi connectivity index (χ1n) is 5.24. The lowest BCUT2D eigenvalue weighted by atomic mass is 9.70. The number of hydrogen-bond donors (Lipinski definition) is 1. The van der Waals surface area contributed by atoms with Crippen LogP contribution in [-0.2, 0) is 0 Å². The summed E-state index contributed by atoms with van der Waals surface area (Å²) in [4.78, 5) is 0. The second-order valence-electron chi connectivity index (χ2n) is 4.41. The minimum absolute atomic E-state index is 0.329. The molecule has 0 aliphatic heterocycles. The Morgan fingerprint density at radius 3 is 2.00 bits per heavy atom. The van der Waals surface area contributed by atoms with Crippen molar-refractivity contribution in [2.45, 2.75) is 59.9 Å². The van der Waals surface area contributed by atoms with Crippen molar-refractivity contribution in [3.05, 3.63) is 0 Å². The van der Waals surface area contributed by atoms with Gasteiger partial charge in [0.1, 0.15) is 0 Å². The highest BCUT2D eigenvalue weighted by molar-refractivity contribution is 4.86. The van der Waals surface area contributed by atoms with Crippen LogP contribution in [0.15, 0.2) is 0 Å². The normalized spacial score (nSPS) is 19.2. The molecule has 12 heavy (non-hydrogen) atoms. The highest BCUT2D eigenvalue weighted by Crippen LogP contribution is 2.35. The third-order valence-electron chi connectivity index (χ3n) is 3.53. The zero-order valence-electron chi connectivity index (χ0n) is 9.35. The topological polar surface area (TPSA) is 26.0 Å². The molecule has 2 unspecified atom stereocenters. The quantitative estimate of drug-likeness (QED) is 0.675. The molecule has 0 aliphatic carbocycles. The van der Waals surface area contributed by atoms with E-state index < -0.39 is 0 Å². The van der Waals surface area contributed by atoms with E-state index in [2.05, 4.69) is 34.6 Å². The maximum Gasteiger partial charge on any atom is 0.00951 e. The van der Waals surface area contributed by atoms with Crippen LogP contribution in [0.3, 0.4) is 0 Å². The van der Waals surface area contributed by atoms with Crippen molar-refractivity contribution < 1.29 is 0 Å². The maximum atomic E-state index is 6.17. The van der Waals surface area contributed by atoms with Gasteiger partial charge in [0.05, 0.1) is 0 Å². The Balaban J connectivity index is 4.29. The van der Waals surface area contributed by atoms with Crippen molar-refractivity contribution in [3.63, 3.8) is 0 Å². The van der Waals surface area contributed by atoms with E-state index in [0.717, 1.165) is 6.42 Å². The third kappa shape index (κ3) is 2.48. The van der Waals surface area contributed by atoms with Crippen molar-refractivity contribution in [2.24, 2.45) is 17.1 Å². The second kappa shape index (κ2) is 4.86. The molecule has 0 aromatic rings. The van der Waals surface area contributed by atoms with E-state index in [1.165, 1.54) is 12.8 Å². The van der Waals surface area contributed by atoms with E-state index in [9.17, 15) is 0 Å². The fraction of sp³-hybridized carbons (Fsp3) is 1.00. The fourth-order valence-corrected chi connectivity index (χ4v) is 1.74. The molecule has 1 nitrogen and oxygen atoms in total. The van der Waals surface area contributed by atoms with Gasteiger partial charge in [0.25, 0.3) is 0 Å². The summed E-state index contributed by atoms with van der Waals surface area (Å²) >= 11 is 0. The SMILES string of the molecule is CCCC(N)C(C)(CC)C(C)C. The van der Waals surface area contributed by atoms with E-state index in [1.54, 1.807) is 0 Å². The standard InChI is InChI=1S/C11H25N/c1-6-8-10(12)11(5,7-2)9(3)4/h9-10H,6-8,12H2,1-5H3. The summed E-state index contributed by atoms with van der Waals surface area (Å²) in [5.74, 6) is 0.684. The molecule has 0 fully saturated rings. The van der Waals surface area contributed by atoms with Crippen LogP contribution >= 0.6 is 0 Å². The lowest BCUT2D eigenvalue weighted by molar-refractivity contribution is 0.152. The van der Waals surface area contributed by atoms with Gasteiger partial charge in [0, 0.05) is 6.04 Å². The molecule has 0 aromatic heterocycles. The summed E-state index contributed by atoms with van der Waals surface area (Å²) in [7, 11) is 0. The molecule has 0 saturated heterocycles. The van der Waals surface area contributed by atoms with Gasteiger partial charge in [-0.05, 0) is 24.2 Å². The summed E-state index contributed by atoms with van der Waals surface area (Å²) in [6, 6.07) is 0.368. The highest BCUT2D eigenvalue weighted by Gasteiger charge is 2.32. The molecule has 2 N–H and O–H groups in total. The predicted molar refractivity (Wildman–Crippen MR) is 56.1 cm³/mol. The second-order valence-corrected chi connectivity index (χ2v) is 4.41. The fourth-order valence-electron chi connectivity index (χ4n) is 1.74. The molecule has 0 bridgehead atoms. The molecule has 0 aliphatic rings. The Hall–Kier alpha value is -0.0400. The van der Waals surface area contributed by atoms with Gasteiger partial charge >= 0.3 is 0 Å². The molecule has 0 radical (unpaired) electrons. The first-order valence-corrected chi connectivity index (χ1v) is 5.24. The van der Waals surface area contributed by atoms with E-state index >= 15 is 0 Å². The largest absolute Gasteiger partial charge is 0.327 e. The smallest absolute Gasteiger partial charge is 0.00951 e. The first kappa shape index (κ1) is 12.0. The van der Waals surface area contributed by atoms with Gasteiger partial charge < -0.3 is 5.73 Å². The van der Waals surface area contributed by atoms with Gasteiger partial charge in [-0.2, -0.15) is 0 Å². The molecule has 0 amide bonds. The van der Waals surface area contributed by atoms with Crippen LogP contribution in [0.5, 0.6) is 0 Å². The van der Waals surface area contributed by atoms with Crippen LogP contribution in [0.4, 0.5) is 0 Å². The van der Waals surface area contributed by atoms with Crippen LogP contribution in [0, 0.1) is 11.3 Å². The van der Waals surface area contributed by atoms with E-state index in [0.29, 0.717) is 17.4 Å². The summed E-state index contributed by atoms with van der Waals surface area (Å²) in [5, 5.41) is 0. The lowest BCUT2D eigenvalue weighted by Crippen LogP contribution is -2.42. The highest BCUT2D eigenvalue weighted by atomic mass is 14.7. The van der Waals surface area contributed by atoms with Crippen molar-refractivity contribution in [1.82, 2.24) is 0 Å². The zero-order valence-corrected chi connectivity index (χ0v) is 9.35. The van der Waals surface area contributed by atoms with Gasteiger partial charge in [-0.1, -0.05) is 41.0 Å². The Kier molecular flexibility index (Phi) is 4.84. The van der Waals surface area contributed by atoms with Gasteiger partial charge in [0.15, 0.2) is 0 Å². The third-order valence-corrected chi connectivity index (χ3v) is 3.53. The minimum atomic E-state index is 0.329. The van der Waals surface area contributed by atoms with Gasteiger partial charge in [-0.15, -0.1) is 0 Å². The predicted octanol–water partition coefficient (Wildman–Crippen LogP) is 3.19. The average molecular weight is 171 g/mol. The molecule has 0 rings (SSSR count). The van der Waals surface area contributed by atoms with Gasteiger partial charge in [-0.3, -0.25) is 0 Å². The van der Waals surface area contributed by atoms with Crippen LogP contribution in [-0.4, -0.2) is 6.04 Å². The van der Waals surface area contributed by atoms with Gasteiger partial charge in [0.2, 0.25) is 0 Å². The van der Waals surface area contributed by atoms with Crippen LogP contribution < -0.4 is 5.73 Å². The van der Waals surface area contributed by atoms with Gasteiger partial charge in [-0.25, -0.2) is 0 Å². The minimum Gasteiger partial charge on any atom is -0.327 e. The Labute approximate surface area is 77.7 Å². The average Bonchev–Trinajstić information content (AvgIpc) is 2.03. The molecular formula is C11H25N. The van der Waals surface area contributed by atoms with Crippen LogP contribution in [0.2, 0.25) is 0 Å². The molecule has 1 heteroatoms. The summed E-state index contributed by atoms with van der Waals surface area (Å²) in [6.07, 6.45) is 3.54. The zero-order chi connectivity index (χ0) is 9.78. The van der Waals surface area contributed by atoms with Crippen molar-refractivity contribution >= 4 is 0 Å². The van der Waals surface area contributed by atoms with Crippen LogP contribution in [0.25, 0.3) is 0 Å². The number of rotatable bonds is 5. The molecule has 0 heterocycles. The van der Waals surface area contributed by atoms with Crippen molar-refractivity contribution in [2.75, 3.05) is 0 Å².